The van der Waals surface area contributed by atoms with Gasteiger partial charge in [-0.3, -0.25) is 0 Å². The molecule has 0 heterocycles. The first-order valence-corrected chi connectivity index (χ1v) is 5.83. The number of hydrogen-bond donors (Lipinski definition) is 1. The molecule has 1 aliphatic rings. The van der Waals surface area contributed by atoms with Gasteiger partial charge >= 0.3 is 0 Å². The summed E-state index contributed by atoms with van der Waals surface area (Å²) in [5, 5.41) is 10.0. The molecule has 1 N–H and O–H groups in total. The third-order valence-electron chi connectivity index (χ3n) is 3.77. The molecule has 0 saturated heterocycles. The molecule has 0 aromatic carbocycles. The summed E-state index contributed by atoms with van der Waals surface area (Å²) in [5.41, 5.74) is 0. The van der Waals surface area contributed by atoms with Crippen molar-refractivity contribution in [2.45, 2.75) is 59.0 Å². The lowest BCUT2D eigenvalue weighted by atomic mass is 9.77. The highest BCUT2D eigenvalue weighted by Gasteiger charge is 2.27. The van der Waals surface area contributed by atoms with Crippen molar-refractivity contribution in [3.05, 3.63) is 0 Å². The predicted molar refractivity (Wildman–Crippen MR) is 56.6 cm³/mol. The summed E-state index contributed by atoms with van der Waals surface area (Å²) in [6, 6.07) is 0. The maximum atomic E-state index is 10.0. The molecule has 2 atom stereocenters. The van der Waals surface area contributed by atoms with E-state index in [1.165, 1.54) is 25.7 Å². The van der Waals surface area contributed by atoms with E-state index in [1.807, 2.05) is 0 Å². The van der Waals surface area contributed by atoms with Crippen molar-refractivity contribution >= 4 is 0 Å². The van der Waals surface area contributed by atoms with E-state index >= 15 is 0 Å². The van der Waals surface area contributed by atoms with Crippen LogP contribution in [-0.4, -0.2) is 11.2 Å². The lowest BCUT2D eigenvalue weighted by Gasteiger charge is -2.32. The third-order valence-corrected chi connectivity index (χ3v) is 3.77. The Hall–Kier alpha value is -0.0400. The average molecular weight is 184 g/mol. The van der Waals surface area contributed by atoms with Gasteiger partial charge in [-0.2, -0.15) is 0 Å². The molecule has 1 saturated carbocycles. The Bertz CT molecular complexity index is 136. The smallest absolute Gasteiger partial charge is 0.0593 e. The van der Waals surface area contributed by atoms with Crippen molar-refractivity contribution in [1.82, 2.24) is 0 Å². The molecule has 1 aliphatic carbocycles. The van der Waals surface area contributed by atoms with Gasteiger partial charge in [0.2, 0.25) is 0 Å². The van der Waals surface area contributed by atoms with E-state index in [2.05, 4.69) is 20.8 Å². The number of rotatable bonds is 3. The van der Waals surface area contributed by atoms with E-state index < -0.39 is 0 Å². The van der Waals surface area contributed by atoms with Gasteiger partial charge in [0.25, 0.3) is 0 Å². The average Bonchev–Trinajstić information content (AvgIpc) is 2.17. The molecular formula is C12H24O. The van der Waals surface area contributed by atoms with Crippen LogP contribution in [-0.2, 0) is 0 Å². The molecular weight excluding hydrogens is 160 g/mol. The standard InChI is InChI=1S/C12H24O/c1-4-10(3)12(13)11-7-5-9(2)6-8-11/h9-13H,4-8H2,1-3H3. The summed E-state index contributed by atoms with van der Waals surface area (Å²) in [7, 11) is 0. The maximum Gasteiger partial charge on any atom is 0.0593 e. The number of aliphatic hydroxyl groups is 1. The topological polar surface area (TPSA) is 20.2 Å². The highest BCUT2D eigenvalue weighted by molar-refractivity contribution is 4.78. The number of hydrogen-bond acceptors (Lipinski definition) is 1. The normalized spacial score (nSPS) is 34.2. The molecule has 0 spiro atoms. The lowest BCUT2D eigenvalue weighted by Crippen LogP contribution is -2.30. The second-order valence-electron chi connectivity index (χ2n) is 4.90. The SMILES string of the molecule is CCC(C)C(O)C1CCC(C)CC1. The molecule has 0 aliphatic heterocycles. The fraction of sp³-hybridized carbons (Fsp3) is 1.00. The highest BCUT2D eigenvalue weighted by atomic mass is 16.3. The molecule has 2 unspecified atom stereocenters. The number of aliphatic hydroxyl groups excluding tert-OH is 1. The Kier molecular flexibility index (Phi) is 4.24. The van der Waals surface area contributed by atoms with Crippen molar-refractivity contribution in [3.63, 3.8) is 0 Å². The van der Waals surface area contributed by atoms with E-state index in [9.17, 15) is 5.11 Å². The highest BCUT2D eigenvalue weighted by Crippen LogP contribution is 2.33. The third kappa shape index (κ3) is 2.98. The molecule has 0 amide bonds. The van der Waals surface area contributed by atoms with Gasteiger partial charge in [0, 0.05) is 0 Å². The van der Waals surface area contributed by atoms with Crippen LogP contribution in [0.5, 0.6) is 0 Å². The summed E-state index contributed by atoms with van der Waals surface area (Å²) >= 11 is 0. The Labute approximate surface area is 82.5 Å². The van der Waals surface area contributed by atoms with Crippen molar-refractivity contribution in [3.8, 4) is 0 Å². The van der Waals surface area contributed by atoms with Gasteiger partial charge in [0.05, 0.1) is 6.10 Å². The van der Waals surface area contributed by atoms with Crippen molar-refractivity contribution < 1.29 is 5.11 Å². The monoisotopic (exact) mass is 184 g/mol. The molecule has 0 bridgehead atoms. The maximum absolute atomic E-state index is 10.0. The van der Waals surface area contributed by atoms with E-state index in [4.69, 9.17) is 0 Å². The molecule has 1 nitrogen and oxygen atoms in total. The summed E-state index contributed by atoms with van der Waals surface area (Å²) in [6.45, 7) is 6.66. The molecule has 78 valence electrons. The van der Waals surface area contributed by atoms with E-state index in [0.717, 1.165) is 12.3 Å². The molecule has 1 rings (SSSR count). The van der Waals surface area contributed by atoms with Gasteiger partial charge in [-0.25, -0.2) is 0 Å². The molecule has 0 aromatic rings. The second kappa shape index (κ2) is 4.99. The van der Waals surface area contributed by atoms with Crippen LogP contribution in [0, 0.1) is 17.8 Å². The molecule has 1 heteroatoms. The minimum atomic E-state index is -0.0440. The zero-order valence-electron chi connectivity index (χ0n) is 9.29. The molecule has 0 radical (unpaired) electrons. The first-order chi connectivity index (χ1) is 6.15. The largest absolute Gasteiger partial charge is 0.393 e. The van der Waals surface area contributed by atoms with E-state index in [-0.39, 0.29) is 6.10 Å². The predicted octanol–water partition coefficient (Wildman–Crippen LogP) is 3.22. The van der Waals surface area contributed by atoms with Crippen LogP contribution in [0.2, 0.25) is 0 Å². The van der Waals surface area contributed by atoms with Crippen LogP contribution in [0.3, 0.4) is 0 Å². The van der Waals surface area contributed by atoms with Crippen LogP contribution in [0.4, 0.5) is 0 Å². The Balaban J connectivity index is 2.35. The van der Waals surface area contributed by atoms with Gasteiger partial charge in [-0.15, -0.1) is 0 Å². The molecule has 1 fully saturated rings. The zero-order valence-corrected chi connectivity index (χ0v) is 9.29. The minimum absolute atomic E-state index is 0.0440. The Morgan fingerprint density at radius 1 is 1.23 bits per heavy atom. The van der Waals surface area contributed by atoms with E-state index in [0.29, 0.717) is 11.8 Å². The van der Waals surface area contributed by atoms with Gasteiger partial charge in [-0.05, 0) is 30.6 Å². The first-order valence-electron chi connectivity index (χ1n) is 5.83. The summed E-state index contributed by atoms with van der Waals surface area (Å²) in [6.07, 6.45) is 6.18. The zero-order chi connectivity index (χ0) is 9.84. The minimum Gasteiger partial charge on any atom is -0.393 e. The second-order valence-corrected chi connectivity index (χ2v) is 4.90. The van der Waals surface area contributed by atoms with Crippen molar-refractivity contribution in [2.24, 2.45) is 17.8 Å². The lowest BCUT2D eigenvalue weighted by molar-refractivity contribution is 0.0321. The van der Waals surface area contributed by atoms with Crippen LogP contribution >= 0.6 is 0 Å². The van der Waals surface area contributed by atoms with Crippen LogP contribution in [0.15, 0.2) is 0 Å². The summed E-state index contributed by atoms with van der Waals surface area (Å²) in [5.74, 6) is 1.96. The Morgan fingerprint density at radius 2 is 1.77 bits per heavy atom. The Morgan fingerprint density at radius 3 is 2.23 bits per heavy atom. The van der Waals surface area contributed by atoms with Crippen LogP contribution < -0.4 is 0 Å². The van der Waals surface area contributed by atoms with E-state index in [1.54, 1.807) is 0 Å². The van der Waals surface area contributed by atoms with Crippen molar-refractivity contribution in [2.75, 3.05) is 0 Å². The quantitative estimate of drug-likeness (QED) is 0.714. The van der Waals surface area contributed by atoms with Crippen LogP contribution in [0.25, 0.3) is 0 Å². The van der Waals surface area contributed by atoms with Gasteiger partial charge in [-0.1, -0.05) is 40.0 Å². The van der Waals surface area contributed by atoms with Gasteiger partial charge in [0.15, 0.2) is 0 Å². The molecule has 0 aromatic heterocycles. The summed E-state index contributed by atoms with van der Waals surface area (Å²) in [4.78, 5) is 0. The van der Waals surface area contributed by atoms with Crippen LogP contribution in [0.1, 0.15) is 52.9 Å². The van der Waals surface area contributed by atoms with Crippen molar-refractivity contribution in [1.29, 1.82) is 0 Å². The fourth-order valence-electron chi connectivity index (χ4n) is 2.33. The van der Waals surface area contributed by atoms with Gasteiger partial charge < -0.3 is 5.11 Å². The summed E-state index contributed by atoms with van der Waals surface area (Å²) < 4.78 is 0. The molecule has 13 heavy (non-hydrogen) atoms. The fourth-order valence-corrected chi connectivity index (χ4v) is 2.33. The first kappa shape index (κ1) is 11.0. The van der Waals surface area contributed by atoms with Gasteiger partial charge in [0.1, 0.15) is 0 Å².